The number of nitrogens with one attached hydrogen (secondary N) is 1. The normalized spacial score (nSPS) is 24.6. The van der Waals surface area contributed by atoms with Crippen molar-refractivity contribution in [2.45, 2.75) is 18.3 Å². The number of carboxylic acids is 1. The molecule has 2 atom stereocenters. The summed E-state index contributed by atoms with van der Waals surface area (Å²) >= 11 is 1.32. The zero-order valence-electron chi connectivity index (χ0n) is 10.2. The van der Waals surface area contributed by atoms with Gasteiger partial charge in [0.05, 0.1) is 0 Å². The molecule has 2 rings (SSSR count). The molecule has 0 radical (unpaired) electrons. The molecular weight excluding hydrogens is 308 g/mol. The first-order valence-corrected chi connectivity index (χ1v) is 7.62. The Morgan fingerprint density at radius 2 is 2.15 bits per heavy atom. The van der Waals surface area contributed by atoms with Crippen LogP contribution in [0.5, 0.6) is 0 Å². The molecule has 0 spiro atoms. The van der Waals surface area contributed by atoms with Crippen LogP contribution in [-0.2, 0) is 24.7 Å². The molecule has 0 aromatic heterocycles. The predicted molar refractivity (Wildman–Crippen MR) is 70.3 cm³/mol. The van der Waals surface area contributed by atoms with Crippen molar-refractivity contribution >= 4 is 45.2 Å². The van der Waals surface area contributed by atoms with Gasteiger partial charge in [-0.2, -0.15) is 8.42 Å². The number of carboxylic acid groups (broad SMARTS) is 1. The van der Waals surface area contributed by atoms with Gasteiger partial charge in [0.15, 0.2) is 0 Å². The monoisotopic (exact) mass is 318 g/mol. The van der Waals surface area contributed by atoms with Crippen molar-refractivity contribution in [3.8, 4) is 0 Å². The minimum atomic E-state index is -2.65. The lowest BCUT2D eigenvalue weighted by molar-refractivity contribution is -0.150. The van der Waals surface area contributed by atoms with E-state index in [9.17, 15) is 22.8 Å². The van der Waals surface area contributed by atoms with Crippen LogP contribution in [0, 0.1) is 0 Å². The summed E-state index contributed by atoms with van der Waals surface area (Å²) in [7, 11) is -2.65. The molecule has 20 heavy (non-hydrogen) atoms. The number of amides is 2. The molecule has 2 amide bonds. The van der Waals surface area contributed by atoms with Crippen molar-refractivity contribution in [2.24, 2.45) is 0 Å². The first kappa shape index (κ1) is 14.6. The van der Waals surface area contributed by atoms with E-state index in [-0.39, 0.29) is 5.70 Å². The molecule has 10 heteroatoms. The van der Waals surface area contributed by atoms with Gasteiger partial charge in [0, 0.05) is 5.75 Å². The molecule has 0 saturated carbocycles. The van der Waals surface area contributed by atoms with Crippen molar-refractivity contribution in [1.82, 2.24) is 10.2 Å². The van der Waals surface area contributed by atoms with Crippen molar-refractivity contribution in [2.75, 3.05) is 5.75 Å². The number of fused-ring (bicyclic) bond motifs is 1. The summed E-state index contributed by atoms with van der Waals surface area (Å²) in [6, 6.07) is -0.908. The number of carbonyl (C=O) groups is 3. The van der Waals surface area contributed by atoms with E-state index in [0.29, 0.717) is 16.7 Å². The van der Waals surface area contributed by atoms with Gasteiger partial charge in [0.25, 0.3) is 11.8 Å². The second kappa shape index (κ2) is 5.29. The predicted octanol–water partition coefficient (Wildman–Crippen LogP) is -1.57. The van der Waals surface area contributed by atoms with Crippen molar-refractivity contribution in [1.29, 1.82) is 0 Å². The number of hydrogen-bond acceptors (Lipinski definition) is 6. The minimum absolute atomic E-state index is 0.0689. The molecule has 1 fully saturated rings. The average Bonchev–Trinajstić information content (AvgIpc) is 2.34. The number of β-lactam (4-membered cyclic amide) rings is 1. The molecule has 8 nitrogen and oxygen atoms in total. The number of hydrogen-bond donors (Lipinski definition) is 2. The molecule has 0 aliphatic carbocycles. The highest BCUT2D eigenvalue weighted by Gasteiger charge is 2.53. The Bertz CT molecular complexity index is 657. The summed E-state index contributed by atoms with van der Waals surface area (Å²) < 4.78 is 20.7. The number of nitrogens with zero attached hydrogens (tertiary/aromatic N) is 1. The van der Waals surface area contributed by atoms with E-state index in [4.69, 9.17) is 5.11 Å². The maximum absolute atomic E-state index is 11.9. The maximum atomic E-state index is 11.9. The molecule has 0 aromatic rings. The van der Waals surface area contributed by atoms with Crippen molar-refractivity contribution < 1.29 is 27.9 Å². The zero-order chi connectivity index (χ0) is 15.0. The standard InChI is InChI=1S/C10H10N2O6S2/c1-4-2-19-9-6(11-5(13)3-20(17)18)8(14)12(9)7(4)10(15)16/h3,6,9H,2H2,1H3,(H,11,13)(H,15,16)/t6?,9-/m1/s1. The SMILES string of the molecule is CC1=C(C(=O)O)N2C(=O)C(NC(=O)C=S(=O)=O)[C@H]2SC1. The van der Waals surface area contributed by atoms with Crippen LogP contribution in [0.15, 0.2) is 11.3 Å². The van der Waals surface area contributed by atoms with Gasteiger partial charge in [-0.05, 0) is 12.5 Å². The molecule has 2 N–H and O–H groups in total. The summed E-state index contributed by atoms with van der Waals surface area (Å²) in [6.45, 7) is 1.63. The molecule has 0 bridgehead atoms. The maximum Gasteiger partial charge on any atom is 0.352 e. The molecule has 1 saturated heterocycles. The van der Waals surface area contributed by atoms with Crippen molar-refractivity contribution in [3.63, 3.8) is 0 Å². The summed E-state index contributed by atoms with van der Waals surface area (Å²) in [6.07, 6.45) is 0. The van der Waals surface area contributed by atoms with Crippen LogP contribution in [0.2, 0.25) is 0 Å². The van der Waals surface area contributed by atoms with Crippen LogP contribution in [0.3, 0.4) is 0 Å². The number of carbonyl (C=O) groups excluding carboxylic acids is 2. The van der Waals surface area contributed by atoms with Gasteiger partial charge in [-0.15, -0.1) is 11.8 Å². The van der Waals surface area contributed by atoms with Gasteiger partial charge < -0.3 is 10.4 Å². The van der Waals surface area contributed by atoms with Gasteiger partial charge >= 0.3 is 5.97 Å². The first-order chi connectivity index (χ1) is 9.32. The molecule has 2 aliphatic rings. The van der Waals surface area contributed by atoms with E-state index in [1.807, 2.05) is 0 Å². The molecule has 108 valence electrons. The quantitative estimate of drug-likeness (QED) is 0.476. The van der Waals surface area contributed by atoms with Gasteiger partial charge in [0.2, 0.25) is 10.3 Å². The first-order valence-electron chi connectivity index (χ1n) is 5.44. The molecular formula is C10H10N2O6S2. The van der Waals surface area contributed by atoms with E-state index >= 15 is 0 Å². The summed E-state index contributed by atoms with van der Waals surface area (Å²) in [4.78, 5) is 35.5. The third-order valence-electron chi connectivity index (χ3n) is 2.86. The van der Waals surface area contributed by atoms with E-state index in [2.05, 4.69) is 5.32 Å². The topological polar surface area (TPSA) is 121 Å². The molecule has 2 aliphatic heterocycles. The largest absolute Gasteiger partial charge is 0.477 e. The average molecular weight is 318 g/mol. The van der Waals surface area contributed by atoms with E-state index < -0.39 is 39.5 Å². The highest BCUT2D eigenvalue weighted by molar-refractivity contribution is 8.00. The second-order valence-electron chi connectivity index (χ2n) is 4.21. The summed E-state index contributed by atoms with van der Waals surface area (Å²) in [5.74, 6) is -2.23. The van der Waals surface area contributed by atoms with Crippen LogP contribution in [0.4, 0.5) is 0 Å². The molecule has 1 unspecified atom stereocenters. The number of rotatable bonds is 3. The van der Waals surface area contributed by atoms with Gasteiger partial charge in [-0.3, -0.25) is 14.5 Å². The highest BCUT2D eigenvalue weighted by Crippen LogP contribution is 2.39. The summed E-state index contributed by atoms with van der Waals surface area (Å²) in [5.41, 5.74) is 0.504. The van der Waals surface area contributed by atoms with E-state index in [1.165, 1.54) is 11.8 Å². The Balaban J connectivity index is 2.18. The fourth-order valence-electron chi connectivity index (χ4n) is 2.05. The Morgan fingerprint density at radius 3 is 2.70 bits per heavy atom. The Labute approximate surface area is 119 Å². The lowest BCUT2D eigenvalue weighted by Crippen LogP contribution is -2.70. The Kier molecular flexibility index (Phi) is 3.86. The number of aliphatic carboxylic acids is 1. The molecule has 2 heterocycles. The van der Waals surface area contributed by atoms with Gasteiger partial charge in [-0.25, -0.2) is 4.79 Å². The van der Waals surface area contributed by atoms with Crippen LogP contribution in [0.1, 0.15) is 6.92 Å². The lowest BCUT2D eigenvalue weighted by Gasteiger charge is -2.49. The third-order valence-corrected chi connectivity index (χ3v) is 4.69. The Morgan fingerprint density at radius 1 is 1.50 bits per heavy atom. The number of thioether (sulfide) groups is 1. The Hall–Kier alpha value is -1.81. The third kappa shape index (κ3) is 2.43. The molecule has 0 aromatic carbocycles. The van der Waals surface area contributed by atoms with Gasteiger partial charge in [0.1, 0.15) is 22.5 Å². The smallest absolute Gasteiger partial charge is 0.352 e. The fraction of sp³-hybridized carbons (Fsp3) is 0.400. The highest BCUT2D eigenvalue weighted by atomic mass is 32.2. The zero-order valence-corrected chi connectivity index (χ0v) is 11.8. The van der Waals surface area contributed by atoms with Gasteiger partial charge in [-0.1, -0.05) is 0 Å². The lowest BCUT2D eigenvalue weighted by atomic mass is 10.0. The van der Waals surface area contributed by atoms with E-state index in [1.54, 1.807) is 6.92 Å². The minimum Gasteiger partial charge on any atom is -0.477 e. The van der Waals surface area contributed by atoms with Crippen LogP contribution in [0.25, 0.3) is 0 Å². The second-order valence-corrected chi connectivity index (χ2v) is 6.07. The summed E-state index contributed by atoms with van der Waals surface area (Å²) in [5, 5.41) is 11.3. The van der Waals surface area contributed by atoms with Crippen molar-refractivity contribution in [3.05, 3.63) is 11.3 Å². The van der Waals surface area contributed by atoms with E-state index in [0.717, 1.165) is 4.90 Å². The van der Waals surface area contributed by atoms with Crippen LogP contribution < -0.4 is 5.32 Å². The van der Waals surface area contributed by atoms with Crippen LogP contribution >= 0.6 is 11.8 Å². The van der Waals surface area contributed by atoms with Crippen LogP contribution in [-0.4, -0.2) is 58.7 Å². The fourth-order valence-corrected chi connectivity index (χ4v) is 3.59.